The molecule has 60 valence electrons. The van der Waals surface area contributed by atoms with Gasteiger partial charge in [-0.05, 0) is 30.4 Å². The molecule has 1 aromatic rings. The lowest BCUT2D eigenvalue weighted by molar-refractivity contribution is 0.102. The van der Waals surface area contributed by atoms with Gasteiger partial charge in [-0.15, -0.1) is 11.3 Å². The summed E-state index contributed by atoms with van der Waals surface area (Å²) in [4.78, 5) is 11.7. The van der Waals surface area contributed by atoms with Gasteiger partial charge in [-0.1, -0.05) is 15.9 Å². The number of hydrogen-bond acceptors (Lipinski definition) is 2. The lowest BCUT2D eigenvalue weighted by Gasteiger charge is -1.87. The second-order valence-corrected chi connectivity index (χ2v) is 4.02. The molecule has 0 aromatic carbocycles. The molecule has 0 aliphatic rings. The van der Waals surface area contributed by atoms with Crippen molar-refractivity contribution < 1.29 is 4.79 Å². The molecule has 1 rings (SSSR count). The monoisotopic (exact) mass is 232 g/mol. The maximum Gasteiger partial charge on any atom is 0.169 e. The largest absolute Gasteiger partial charge is 0.294 e. The van der Waals surface area contributed by atoms with Gasteiger partial charge in [0.2, 0.25) is 0 Å². The highest BCUT2D eigenvalue weighted by Crippen LogP contribution is 2.15. The number of carbonyl (C=O) groups excluding carboxylic acids is 1. The van der Waals surface area contributed by atoms with E-state index in [1.807, 2.05) is 11.4 Å². The highest BCUT2D eigenvalue weighted by Gasteiger charge is 2.02. The van der Waals surface area contributed by atoms with Crippen LogP contribution in [-0.4, -0.2) is 11.1 Å². The first kappa shape index (κ1) is 8.94. The zero-order valence-corrected chi connectivity index (χ0v) is 8.67. The van der Waals surface area contributed by atoms with Crippen LogP contribution in [-0.2, 0) is 6.42 Å². The van der Waals surface area contributed by atoms with Gasteiger partial charge in [0.05, 0.1) is 4.88 Å². The molecule has 0 saturated heterocycles. The van der Waals surface area contributed by atoms with Crippen LogP contribution in [0.1, 0.15) is 22.2 Å². The summed E-state index contributed by atoms with van der Waals surface area (Å²) >= 11 is 4.88. The summed E-state index contributed by atoms with van der Waals surface area (Å²) in [7, 11) is 0. The molecule has 0 spiro atoms. The van der Waals surface area contributed by atoms with Crippen LogP contribution >= 0.6 is 27.3 Å². The molecule has 0 bridgehead atoms. The number of hydrogen-bond donors (Lipinski definition) is 0. The van der Waals surface area contributed by atoms with E-state index in [9.17, 15) is 4.79 Å². The molecule has 0 amide bonds. The smallest absolute Gasteiger partial charge is 0.169 e. The molecule has 1 nitrogen and oxygen atoms in total. The van der Waals surface area contributed by atoms with Crippen LogP contribution in [0, 0.1) is 0 Å². The van der Waals surface area contributed by atoms with Crippen molar-refractivity contribution in [2.24, 2.45) is 0 Å². The number of alkyl halides is 1. The fourth-order valence-electron chi connectivity index (χ4n) is 0.800. The van der Waals surface area contributed by atoms with Gasteiger partial charge < -0.3 is 0 Å². The number of ketones is 1. The summed E-state index contributed by atoms with van der Waals surface area (Å²) in [6.07, 6.45) is 1.00. The quantitative estimate of drug-likeness (QED) is 0.579. The zero-order chi connectivity index (χ0) is 8.27. The second kappa shape index (κ2) is 4.02. The maximum atomic E-state index is 10.9. The Kier molecular flexibility index (Phi) is 3.27. The summed E-state index contributed by atoms with van der Waals surface area (Å²) in [5, 5.41) is 3.00. The summed E-state index contributed by atoms with van der Waals surface area (Å²) < 4.78 is 0. The van der Waals surface area contributed by atoms with Crippen LogP contribution in [0.4, 0.5) is 0 Å². The van der Waals surface area contributed by atoms with Gasteiger partial charge in [0.1, 0.15) is 0 Å². The van der Waals surface area contributed by atoms with E-state index in [0.29, 0.717) is 0 Å². The molecule has 1 heterocycles. The average Bonchev–Trinajstić information content (AvgIpc) is 2.37. The van der Waals surface area contributed by atoms with Crippen LogP contribution in [0.3, 0.4) is 0 Å². The van der Waals surface area contributed by atoms with Crippen molar-refractivity contribution in [1.29, 1.82) is 0 Å². The Morgan fingerprint density at radius 1 is 1.73 bits per heavy atom. The molecular weight excluding hydrogens is 224 g/mol. The van der Waals surface area contributed by atoms with Crippen molar-refractivity contribution >= 4 is 33.0 Å². The topological polar surface area (TPSA) is 17.1 Å². The third-order valence-electron chi connectivity index (χ3n) is 1.38. The Balaban J connectivity index is 2.73. The van der Waals surface area contributed by atoms with E-state index in [1.54, 1.807) is 6.92 Å². The highest BCUT2D eigenvalue weighted by atomic mass is 79.9. The van der Waals surface area contributed by atoms with Crippen LogP contribution in [0.2, 0.25) is 0 Å². The SMILES string of the molecule is CC(=O)c1cc(CCBr)cs1. The lowest BCUT2D eigenvalue weighted by Crippen LogP contribution is -1.86. The third kappa shape index (κ3) is 2.42. The van der Waals surface area contributed by atoms with Crippen molar-refractivity contribution in [3.05, 3.63) is 21.9 Å². The molecule has 0 radical (unpaired) electrons. The Morgan fingerprint density at radius 2 is 2.45 bits per heavy atom. The third-order valence-corrected chi connectivity index (χ3v) is 2.86. The van der Waals surface area contributed by atoms with Gasteiger partial charge in [-0.2, -0.15) is 0 Å². The van der Waals surface area contributed by atoms with Crippen LogP contribution < -0.4 is 0 Å². The minimum atomic E-state index is 0.163. The first-order valence-corrected chi connectivity index (χ1v) is 5.38. The van der Waals surface area contributed by atoms with Crippen molar-refractivity contribution in [1.82, 2.24) is 0 Å². The average molecular weight is 233 g/mol. The summed E-state index contributed by atoms with van der Waals surface area (Å²) in [5.41, 5.74) is 1.25. The van der Waals surface area contributed by atoms with Gasteiger partial charge in [-0.3, -0.25) is 4.79 Å². The van der Waals surface area contributed by atoms with E-state index in [1.165, 1.54) is 16.9 Å². The van der Waals surface area contributed by atoms with E-state index in [-0.39, 0.29) is 5.78 Å². The fourth-order valence-corrected chi connectivity index (χ4v) is 2.11. The minimum absolute atomic E-state index is 0.163. The van der Waals surface area contributed by atoms with Crippen LogP contribution in [0.5, 0.6) is 0 Å². The Morgan fingerprint density at radius 3 is 2.91 bits per heavy atom. The molecule has 0 aliphatic heterocycles. The molecule has 0 aliphatic carbocycles. The van der Waals surface area contributed by atoms with Gasteiger partial charge in [0.25, 0.3) is 0 Å². The number of carbonyl (C=O) groups is 1. The van der Waals surface area contributed by atoms with Crippen molar-refractivity contribution in [3.8, 4) is 0 Å². The Bertz CT molecular complexity index is 254. The van der Waals surface area contributed by atoms with Crippen LogP contribution in [0.25, 0.3) is 0 Å². The maximum absolute atomic E-state index is 10.9. The van der Waals surface area contributed by atoms with Crippen molar-refractivity contribution in [2.75, 3.05) is 5.33 Å². The number of aryl methyl sites for hydroxylation is 1. The Hall–Kier alpha value is -0.150. The van der Waals surface area contributed by atoms with Crippen molar-refractivity contribution in [2.45, 2.75) is 13.3 Å². The fraction of sp³-hybridized carbons (Fsp3) is 0.375. The number of rotatable bonds is 3. The minimum Gasteiger partial charge on any atom is -0.294 e. The molecule has 0 saturated carbocycles. The molecule has 1 aromatic heterocycles. The lowest BCUT2D eigenvalue weighted by atomic mass is 10.2. The first-order valence-electron chi connectivity index (χ1n) is 3.38. The zero-order valence-electron chi connectivity index (χ0n) is 6.26. The molecule has 11 heavy (non-hydrogen) atoms. The second-order valence-electron chi connectivity index (χ2n) is 2.31. The predicted octanol–water partition coefficient (Wildman–Crippen LogP) is 2.89. The number of halogens is 1. The normalized spacial score (nSPS) is 10.0. The van der Waals surface area contributed by atoms with Gasteiger partial charge in [-0.25, -0.2) is 0 Å². The van der Waals surface area contributed by atoms with E-state index in [4.69, 9.17) is 0 Å². The molecule has 0 fully saturated rings. The highest BCUT2D eigenvalue weighted by molar-refractivity contribution is 9.09. The van der Waals surface area contributed by atoms with Crippen molar-refractivity contribution in [3.63, 3.8) is 0 Å². The summed E-state index contributed by atoms with van der Waals surface area (Å²) in [6, 6.07) is 1.97. The standard InChI is InChI=1S/C8H9BrOS/c1-6(10)8-4-7(2-3-9)5-11-8/h4-5H,2-3H2,1H3. The number of Topliss-reactive ketones (excluding diaryl/α,β-unsaturated/α-hetero) is 1. The van der Waals surface area contributed by atoms with E-state index in [2.05, 4.69) is 15.9 Å². The summed E-state index contributed by atoms with van der Waals surface area (Å²) in [5.74, 6) is 0.163. The predicted molar refractivity (Wildman–Crippen MR) is 51.8 cm³/mol. The van der Waals surface area contributed by atoms with E-state index >= 15 is 0 Å². The van der Waals surface area contributed by atoms with Crippen LogP contribution in [0.15, 0.2) is 11.4 Å². The molecule has 0 N–H and O–H groups in total. The van der Waals surface area contributed by atoms with E-state index in [0.717, 1.165) is 16.6 Å². The summed E-state index contributed by atoms with van der Waals surface area (Å²) in [6.45, 7) is 1.60. The molecule has 0 unspecified atom stereocenters. The van der Waals surface area contributed by atoms with Gasteiger partial charge >= 0.3 is 0 Å². The molecular formula is C8H9BrOS. The Labute approximate surface area is 78.6 Å². The number of thiophene rings is 1. The van der Waals surface area contributed by atoms with Gasteiger partial charge in [0, 0.05) is 5.33 Å². The molecule has 0 atom stereocenters. The first-order chi connectivity index (χ1) is 5.24. The van der Waals surface area contributed by atoms with E-state index < -0.39 is 0 Å². The molecule has 3 heteroatoms. The van der Waals surface area contributed by atoms with Gasteiger partial charge in [0.15, 0.2) is 5.78 Å².